The molecule has 0 saturated carbocycles. The van der Waals surface area contributed by atoms with Gasteiger partial charge in [-0.25, -0.2) is 9.48 Å². The van der Waals surface area contributed by atoms with Gasteiger partial charge in [0.2, 0.25) is 0 Å². The van der Waals surface area contributed by atoms with Gasteiger partial charge in [0.25, 0.3) is 0 Å². The Bertz CT molecular complexity index is 1470. The number of aryl methyl sites for hydroxylation is 1. The van der Waals surface area contributed by atoms with E-state index in [1.54, 1.807) is 20.3 Å². The monoisotopic (exact) mass is 463 g/mol. The maximum atomic E-state index is 13.2. The van der Waals surface area contributed by atoms with E-state index in [1.165, 1.54) is 0 Å². The molecule has 2 heterocycles. The van der Waals surface area contributed by atoms with Crippen LogP contribution in [0.15, 0.2) is 103 Å². The van der Waals surface area contributed by atoms with Crippen molar-refractivity contribution in [1.82, 2.24) is 34.6 Å². The molecular formula is C27H25N7O. The topological polar surface area (TPSA) is 83.4 Å². The SMILES string of the molecule is C=CCCc1nn(Cc2ccccc2)c(=O)n1Cc1ccc(-c2ccccc2-n2cnnn2)cc1. The lowest BCUT2D eigenvalue weighted by atomic mass is 10.0. The third kappa shape index (κ3) is 4.86. The Morgan fingerprint density at radius 2 is 1.60 bits per heavy atom. The van der Waals surface area contributed by atoms with E-state index in [0.717, 1.165) is 40.2 Å². The van der Waals surface area contributed by atoms with Crippen molar-refractivity contribution in [2.24, 2.45) is 0 Å². The molecule has 2 aromatic heterocycles. The molecule has 0 atom stereocenters. The molecule has 0 unspecified atom stereocenters. The van der Waals surface area contributed by atoms with Crippen LogP contribution in [0.2, 0.25) is 0 Å². The van der Waals surface area contributed by atoms with Gasteiger partial charge in [-0.2, -0.15) is 9.78 Å². The fourth-order valence-corrected chi connectivity index (χ4v) is 4.08. The summed E-state index contributed by atoms with van der Waals surface area (Å²) in [5, 5.41) is 16.2. The van der Waals surface area contributed by atoms with Crippen molar-refractivity contribution < 1.29 is 0 Å². The Morgan fingerprint density at radius 1 is 0.857 bits per heavy atom. The number of nitrogens with zero attached hydrogens (tertiary/aromatic N) is 7. The fraction of sp³-hybridized carbons (Fsp3) is 0.148. The van der Waals surface area contributed by atoms with Crippen molar-refractivity contribution in [3.8, 4) is 16.8 Å². The molecule has 5 rings (SSSR count). The minimum atomic E-state index is -0.110. The van der Waals surface area contributed by atoms with Crippen molar-refractivity contribution >= 4 is 0 Å². The lowest BCUT2D eigenvalue weighted by Crippen LogP contribution is -2.26. The zero-order valence-corrected chi connectivity index (χ0v) is 19.2. The maximum Gasteiger partial charge on any atom is 0.346 e. The summed E-state index contributed by atoms with van der Waals surface area (Å²) in [5.41, 5.74) is 4.91. The summed E-state index contributed by atoms with van der Waals surface area (Å²) in [6, 6.07) is 26.1. The Kier molecular flexibility index (Phi) is 6.43. The van der Waals surface area contributed by atoms with Crippen LogP contribution >= 0.6 is 0 Å². The molecule has 0 aliphatic rings. The molecule has 0 fully saturated rings. The van der Waals surface area contributed by atoms with E-state index >= 15 is 0 Å². The Labute approximate surface area is 202 Å². The average Bonchev–Trinajstić information content (AvgIpc) is 3.54. The van der Waals surface area contributed by atoms with Crippen molar-refractivity contribution in [3.05, 3.63) is 125 Å². The first kappa shape index (κ1) is 22.2. The molecule has 5 aromatic rings. The van der Waals surface area contributed by atoms with Crippen LogP contribution in [-0.2, 0) is 19.5 Å². The van der Waals surface area contributed by atoms with Gasteiger partial charge in [-0.05, 0) is 39.6 Å². The predicted octanol–water partition coefficient (Wildman–Crippen LogP) is 3.90. The van der Waals surface area contributed by atoms with Gasteiger partial charge in [0.05, 0.1) is 18.8 Å². The molecule has 0 aliphatic carbocycles. The number of rotatable bonds is 9. The lowest BCUT2D eigenvalue weighted by molar-refractivity contribution is 0.637. The molecule has 0 bridgehead atoms. The van der Waals surface area contributed by atoms with E-state index in [-0.39, 0.29) is 5.69 Å². The van der Waals surface area contributed by atoms with Gasteiger partial charge in [-0.15, -0.1) is 11.7 Å². The van der Waals surface area contributed by atoms with E-state index < -0.39 is 0 Å². The summed E-state index contributed by atoms with van der Waals surface area (Å²) in [7, 11) is 0. The summed E-state index contributed by atoms with van der Waals surface area (Å²) >= 11 is 0. The van der Waals surface area contributed by atoms with Gasteiger partial charge in [-0.3, -0.25) is 4.57 Å². The molecule has 0 radical (unpaired) electrons. The molecule has 0 aliphatic heterocycles. The van der Waals surface area contributed by atoms with Crippen LogP contribution in [0.5, 0.6) is 0 Å². The minimum absolute atomic E-state index is 0.110. The molecule has 0 saturated heterocycles. The maximum absolute atomic E-state index is 13.2. The summed E-state index contributed by atoms with van der Waals surface area (Å²) in [6.45, 7) is 4.71. The van der Waals surface area contributed by atoms with Crippen molar-refractivity contribution in [2.45, 2.75) is 25.9 Å². The minimum Gasteiger partial charge on any atom is -0.274 e. The van der Waals surface area contributed by atoms with Gasteiger partial charge >= 0.3 is 5.69 Å². The van der Waals surface area contributed by atoms with Crippen LogP contribution in [0, 0.1) is 0 Å². The lowest BCUT2D eigenvalue weighted by Gasteiger charge is -2.10. The number of hydrogen-bond donors (Lipinski definition) is 0. The van der Waals surface area contributed by atoms with Crippen molar-refractivity contribution in [3.63, 3.8) is 0 Å². The third-order valence-electron chi connectivity index (χ3n) is 5.85. The molecule has 0 spiro atoms. The molecular weight excluding hydrogens is 438 g/mol. The number of benzene rings is 3. The molecule has 8 nitrogen and oxygen atoms in total. The summed E-state index contributed by atoms with van der Waals surface area (Å²) in [4.78, 5) is 13.2. The van der Waals surface area contributed by atoms with E-state index in [0.29, 0.717) is 19.5 Å². The number of para-hydroxylation sites is 1. The Morgan fingerprint density at radius 3 is 2.34 bits per heavy atom. The highest BCUT2D eigenvalue weighted by atomic mass is 16.2. The van der Waals surface area contributed by atoms with Crippen LogP contribution in [-0.4, -0.2) is 34.6 Å². The molecule has 35 heavy (non-hydrogen) atoms. The first-order chi connectivity index (χ1) is 17.2. The highest BCUT2D eigenvalue weighted by Crippen LogP contribution is 2.26. The number of aromatic nitrogens is 7. The number of allylic oxidation sites excluding steroid dienone is 1. The van der Waals surface area contributed by atoms with Crippen LogP contribution in [0.4, 0.5) is 0 Å². The van der Waals surface area contributed by atoms with Gasteiger partial charge in [0.15, 0.2) is 0 Å². The predicted molar refractivity (Wildman–Crippen MR) is 134 cm³/mol. The Hall–Kier alpha value is -4.59. The third-order valence-corrected chi connectivity index (χ3v) is 5.85. The standard InChI is InChI=1S/C27H25N7O/c1-2-3-13-26-29-33(19-21-9-5-4-6-10-21)27(35)32(26)18-22-14-16-23(17-15-22)24-11-7-8-12-25(24)34-20-28-30-31-34/h2,4-12,14-17,20H,1,3,13,18-19H2. The number of hydrogen-bond acceptors (Lipinski definition) is 5. The highest BCUT2D eigenvalue weighted by Gasteiger charge is 2.14. The second kappa shape index (κ2) is 10.1. The van der Waals surface area contributed by atoms with Crippen molar-refractivity contribution in [1.29, 1.82) is 0 Å². The zero-order chi connectivity index (χ0) is 24.0. The largest absolute Gasteiger partial charge is 0.346 e. The average molecular weight is 464 g/mol. The highest BCUT2D eigenvalue weighted by molar-refractivity contribution is 5.72. The zero-order valence-electron chi connectivity index (χ0n) is 19.2. The van der Waals surface area contributed by atoms with Gasteiger partial charge in [-0.1, -0.05) is 78.9 Å². The molecule has 174 valence electrons. The Balaban J connectivity index is 1.43. The summed E-state index contributed by atoms with van der Waals surface area (Å²) < 4.78 is 4.96. The molecule has 3 aromatic carbocycles. The second-order valence-electron chi connectivity index (χ2n) is 8.22. The van der Waals surface area contributed by atoms with E-state index in [4.69, 9.17) is 0 Å². The van der Waals surface area contributed by atoms with E-state index in [1.807, 2.05) is 72.8 Å². The summed E-state index contributed by atoms with van der Waals surface area (Å²) in [5.74, 6) is 0.763. The fourth-order valence-electron chi connectivity index (χ4n) is 4.08. The molecule has 0 N–H and O–H groups in total. The van der Waals surface area contributed by atoms with Crippen molar-refractivity contribution in [2.75, 3.05) is 0 Å². The first-order valence-electron chi connectivity index (χ1n) is 11.5. The van der Waals surface area contributed by atoms with Crippen LogP contribution < -0.4 is 5.69 Å². The van der Waals surface area contributed by atoms with E-state index in [9.17, 15) is 4.79 Å². The normalized spacial score (nSPS) is 11.0. The van der Waals surface area contributed by atoms with Gasteiger partial charge < -0.3 is 0 Å². The van der Waals surface area contributed by atoms with E-state index in [2.05, 4.69) is 39.3 Å². The van der Waals surface area contributed by atoms with Crippen LogP contribution in [0.25, 0.3) is 16.8 Å². The quantitative estimate of drug-likeness (QED) is 0.310. The van der Waals surface area contributed by atoms with Gasteiger partial charge in [0.1, 0.15) is 12.2 Å². The number of tetrazole rings is 1. The smallest absolute Gasteiger partial charge is 0.274 e. The summed E-state index contributed by atoms with van der Waals surface area (Å²) in [6.07, 6.45) is 4.85. The molecule has 8 heteroatoms. The molecule has 0 amide bonds. The van der Waals surface area contributed by atoms with Gasteiger partial charge in [0, 0.05) is 12.0 Å². The first-order valence-corrected chi connectivity index (χ1v) is 11.5. The van der Waals surface area contributed by atoms with Crippen LogP contribution in [0.1, 0.15) is 23.4 Å². The second-order valence-corrected chi connectivity index (χ2v) is 8.22. The van der Waals surface area contributed by atoms with Crippen LogP contribution in [0.3, 0.4) is 0 Å².